The lowest BCUT2D eigenvalue weighted by Crippen LogP contribution is -2.20. The molecule has 0 unspecified atom stereocenters. The number of esters is 2. The quantitative estimate of drug-likeness (QED) is 0.133. The number of carbonyl (C=O) groups excluding carboxylic acids is 3. The lowest BCUT2D eigenvalue weighted by atomic mass is 10.0. The van der Waals surface area contributed by atoms with E-state index in [2.05, 4.69) is 12.2 Å². The van der Waals surface area contributed by atoms with Crippen LogP contribution in [-0.4, -0.2) is 30.1 Å². The van der Waals surface area contributed by atoms with Gasteiger partial charge in [-0.1, -0.05) is 56.9 Å². The zero-order valence-electron chi connectivity index (χ0n) is 22.5. The Labute approximate surface area is 220 Å². The average molecular weight is 510 g/mol. The number of ether oxygens (including phenoxy) is 3. The summed E-state index contributed by atoms with van der Waals surface area (Å²) in [6, 6.07) is 14.2. The van der Waals surface area contributed by atoms with E-state index in [4.69, 9.17) is 14.2 Å². The predicted molar refractivity (Wildman–Crippen MR) is 144 cm³/mol. The minimum absolute atomic E-state index is 0.184. The van der Waals surface area contributed by atoms with Crippen LogP contribution in [0.5, 0.6) is 5.75 Å². The van der Waals surface area contributed by atoms with Gasteiger partial charge in [0.25, 0.3) is 5.91 Å². The number of amides is 1. The van der Waals surface area contributed by atoms with Gasteiger partial charge in [0.05, 0.1) is 24.0 Å². The molecule has 37 heavy (non-hydrogen) atoms. The maximum Gasteiger partial charge on any atom is 0.374 e. The Morgan fingerprint density at radius 3 is 2.14 bits per heavy atom. The van der Waals surface area contributed by atoms with Crippen molar-refractivity contribution in [2.24, 2.45) is 0 Å². The van der Waals surface area contributed by atoms with Crippen LogP contribution in [0.3, 0.4) is 0 Å². The summed E-state index contributed by atoms with van der Waals surface area (Å²) in [5.41, 5.74) is 2.04. The lowest BCUT2D eigenvalue weighted by molar-refractivity contribution is -0.147. The minimum Gasteiger partial charge on any atom is -0.460 e. The Morgan fingerprint density at radius 2 is 1.49 bits per heavy atom. The van der Waals surface area contributed by atoms with Crippen molar-refractivity contribution in [3.8, 4) is 5.75 Å². The van der Waals surface area contributed by atoms with E-state index in [9.17, 15) is 14.4 Å². The maximum absolute atomic E-state index is 12.9. The Morgan fingerprint density at radius 1 is 0.838 bits per heavy atom. The van der Waals surface area contributed by atoms with Gasteiger partial charge in [-0.25, -0.2) is 9.59 Å². The molecule has 0 radical (unpaired) electrons. The largest absolute Gasteiger partial charge is 0.460 e. The van der Waals surface area contributed by atoms with Crippen LogP contribution in [-0.2, 0) is 25.5 Å². The highest BCUT2D eigenvalue weighted by molar-refractivity contribution is 6.05. The summed E-state index contributed by atoms with van der Waals surface area (Å²) >= 11 is 0. The Bertz CT molecular complexity index is 1060. The van der Waals surface area contributed by atoms with E-state index in [1.54, 1.807) is 64.1 Å². The fourth-order valence-electron chi connectivity index (χ4n) is 3.50. The number of hydrogen-bond acceptors (Lipinski definition) is 6. The molecule has 2 rings (SSSR count). The molecule has 0 atom stereocenters. The van der Waals surface area contributed by atoms with E-state index in [-0.39, 0.29) is 23.5 Å². The second-order valence-corrected chi connectivity index (χ2v) is 9.36. The fraction of sp³-hybridized carbons (Fsp3) is 0.433. The van der Waals surface area contributed by atoms with E-state index in [1.165, 1.54) is 31.2 Å². The molecule has 0 heterocycles. The Balaban J connectivity index is 2.13. The Hall–Kier alpha value is -3.61. The lowest BCUT2D eigenvalue weighted by Gasteiger charge is -2.15. The van der Waals surface area contributed by atoms with Gasteiger partial charge < -0.3 is 19.5 Å². The molecule has 0 aliphatic rings. The first-order valence-electron chi connectivity index (χ1n) is 13.0. The zero-order chi connectivity index (χ0) is 27.2. The molecule has 1 N–H and O–H groups in total. The van der Waals surface area contributed by atoms with Crippen molar-refractivity contribution in [3.05, 3.63) is 71.5 Å². The van der Waals surface area contributed by atoms with Gasteiger partial charge in [-0.15, -0.1) is 0 Å². The summed E-state index contributed by atoms with van der Waals surface area (Å²) in [6.07, 6.45) is 7.24. The molecule has 1 amide bonds. The molecule has 0 fully saturated rings. The average Bonchev–Trinajstić information content (AvgIpc) is 2.84. The minimum atomic E-state index is -0.817. The van der Waals surface area contributed by atoms with Crippen molar-refractivity contribution >= 4 is 23.5 Å². The van der Waals surface area contributed by atoms with Crippen molar-refractivity contribution in [2.75, 3.05) is 5.32 Å². The monoisotopic (exact) mass is 509 g/mol. The number of anilines is 1. The topological polar surface area (TPSA) is 90.9 Å². The fourth-order valence-corrected chi connectivity index (χ4v) is 3.50. The molecule has 0 aliphatic carbocycles. The highest BCUT2D eigenvalue weighted by Gasteiger charge is 2.20. The van der Waals surface area contributed by atoms with Crippen LogP contribution < -0.4 is 10.1 Å². The normalized spacial score (nSPS) is 11.4. The molecule has 2 aromatic rings. The molecule has 0 aliphatic heterocycles. The van der Waals surface area contributed by atoms with Gasteiger partial charge in [-0.05, 0) is 70.4 Å². The van der Waals surface area contributed by atoms with Gasteiger partial charge in [0.1, 0.15) is 0 Å². The molecule has 7 nitrogen and oxygen atoms in total. The van der Waals surface area contributed by atoms with Crippen molar-refractivity contribution in [3.63, 3.8) is 0 Å². The van der Waals surface area contributed by atoms with Crippen LogP contribution in [0.2, 0.25) is 0 Å². The van der Waals surface area contributed by atoms with E-state index >= 15 is 0 Å². The van der Waals surface area contributed by atoms with Crippen LogP contribution in [0.15, 0.2) is 60.4 Å². The van der Waals surface area contributed by atoms with Gasteiger partial charge in [0.15, 0.2) is 5.75 Å². The molecular formula is C30H39NO6. The van der Waals surface area contributed by atoms with Crippen LogP contribution in [0.25, 0.3) is 0 Å². The second kappa shape index (κ2) is 15.5. The first-order valence-corrected chi connectivity index (χ1v) is 13.0. The molecule has 2 aromatic carbocycles. The van der Waals surface area contributed by atoms with Crippen molar-refractivity contribution < 1.29 is 28.6 Å². The highest BCUT2D eigenvalue weighted by atomic mass is 16.6. The van der Waals surface area contributed by atoms with Crippen LogP contribution in [0, 0.1) is 0 Å². The predicted octanol–water partition coefficient (Wildman–Crippen LogP) is 6.62. The summed E-state index contributed by atoms with van der Waals surface area (Å²) in [5, 5.41) is 2.82. The molecule has 7 heteroatoms. The highest BCUT2D eigenvalue weighted by Crippen LogP contribution is 2.27. The number of carbonyl (C=O) groups is 3. The third kappa shape index (κ3) is 10.9. The maximum atomic E-state index is 12.9. The number of para-hydroxylation sites is 2. The third-order valence-corrected chi connectivity index (χ3v) is 5.29. The second-order valence-electron chi connectivity index (χ2n) is 9.36. The van der Waals surface area contributed by atoms with Gasteiger partial charge in [-0.3, -0.25) is 4.79 Å². The number of aryl methyl sites for hydroxylation is 1. The standard InChI is InChI=1S/C30H39NO6/c1-6-7-8-9-10-13-23-16-18-24(19-17-23)29(33)31-25-14-11-12-15-26(25)37-27(30(34)36-22(4)5)20-28(32)35-21(2)3/h11-12,14-22H,6-10,13H2,1-5H3,(H,31,33)/b27-20+. The molecule has 0 saturated heterocycles. The Kier molecular flexibility index (Phi) is 12.4. The third-order valence-electron chi connectivity index (χ3n) is 5.29. The molecule has 0 aromatic heterocycles. The molecule has 0 spiro atoms. The number of unbranched alkanes of at least 4 members (excludes halogenated alkanes) is 4. The molecular weight excluding hydrogens is 470 g/mol. The smallest absolute Gasteiger partial charge is 0.374 e. The van der Waals surface area contributed by atoms with Gasteiger partial charge in [0, 0.05) is 5.56 Å². The van der Waals surface area contributed by atoms with E-state index < -0.39 is 18.0 Å². The molecule has 0 bridgehead atoms. The SMILES string of the molecule is CCCCCCCc1ccc(C(=O)Nc2ccccc2O/C(=C/C(=O)OC(C)C)C(=O)OC(C)C)cc1. The van der Waals surface area contributed by atoms with E-state index in [0.29, 0.717) is 11.3 Å². The summed E-state index contributed by atoms with van der Waals surface area (Å²) in [6.45, 7) is 8.98. The summed E-state index contributed by atoms with van der Waals surface area (Å²) < 4.78 is 16.1. The van der Waals surface area contributed by atoms with Crippen LogP contribution >= 0.6 is 0 Å². The number of benzene rings is 2. The number of rotatable bonds is 14. The van der Waals surface area contributed by atoms with Crippen LogP contribution in [0.1, 0.15) is 82.6 Å². The van der Waals surface area contributed by atoms with E-state index in [1.807, 2.05) is 12.1 Å². The van der Waals surface area contributed by atoms with Crippen molar-refractivity contribution in [1.29, 1.82) is 0 Å². The van der Waals surface area contributed by atoms with Gasteiger partial charge in [-0.2, -0.15) is 0 Å². The van der Waals surface area contributed by atoms with Crippen molar-refractivity contribution in [1.82, 2.24) is 0 Å². The zero-order valence-corrected chi connectivity index (χ0v) is 22.5. The first-order chi connectivity index (χ1) is 17.7. The van der Waals surface area contributed by atoms with Crippen molar-refractivity contribution in [2.45, 2.75) is 85.4 Å². The van der Waals surface area contributed by atoms with Gasteiger partial charge in [0.2, 0.25) is 5.76 Å². The van der Waals surface area contributed by atoms with Crippen LogP contribution in [0.4, 0.5) is 5.69 Å². The number of nitrogens with one attached hydrogen (secondary N) is 1. The molecule has 200 valence electrons. The summed E-state index contributed by atoms with van der Waals surface area (Å²) in [4.78, 5) is 37.7. The van der Waals surface area contributed by atoms with Gasteiger partial charge >= 0.3 is 11.9 Å². The van der Waals surface area contributed by atoms with E-state index in [0.717, 1.165) is 18.9 Å². The summed E-state index contributed by atoms with van der Waals surface area (Å²) in [7, 11) is 0. The number of hydrogen-bond donors (Lipinski definition) is 1. The summed E-state index contributed by atoms with van der Waals surface area (Å²) in [5.74, 6) is -2.03. The first kappa shape index (κ1) is 29.6. The molecule has 0 saturated carbocycles.